The summed E-state index contributed by atoms with van der Waals surface area (Å²) in [7, 11) is 0. The Morgan fingerprint density at radius 3 is 2.74 bits per heavy atom. The Labute approximate surface area is 115 Å². The molecule has 0 radical (unpaired) electrons. The van der Waals surface area contributed by atoms with E-state index in [1.807, 2.05) is 0 Å². The summed E-state index contributed by atoms with van der Waals surface area (Å²) in [6.45, 7) is 10.6. The number of nitrogens with zero attached hydrogens (tertiary/aromatic N) is 3. The lowest BCUT2D eigenvalue weighted by Gasteiger charge is -2.20. The van der Waals surface area contributed by atoms with E-state index in [1.54, 1.807) is 0 Å². The number of rotatable bonds is 6. The van der Waals surface area contributed by atoms with Crippen LogP contribution in [0.5, 0.6) is 0 Å². The first-order chi connectivity index (χ1) is 9.17. The molecule has 0 aliphatic carbocycles. The number of imidazole rings is 1. The Morgan fingerprint density at radius 2 is 2.05 bits per heavy atom. The molecule has 1 heterocycles. The molecule has 4 heteroatoms. The van der Waals surface area contributed by atoms with Crippen LogP contribution < -0.4 is 5.73 Å². The van der Waals surface area contributed by atoms with Crippen LogP contribution in [0.4, 0.5) is 5.95 Å². The molecule has 0 bridgehead atoms. The first-order valence-corrected chi connectivity index (χ1v) is 7.11. The third-order valence-electron chi connectivity index (χ3n) is 3.64. The van der Waals surface area contributed by atoms with Crippen molar-refractivity contribution < 1.29 is 0 Å². The van der Waals surface area contributed by atoms with Gasteiger partial charge in [0.2, 0.25) is 5.95 Å². The van der Waals surface area contributed by atoms with E-state index in [1.165, 1.54) is 12.0 Å². The minimum absolute atomic E-state index is 0.622. The van der Waals surface area contributed by atoms with Crippen molar-refractivity contribution in [2.24, 2.45) is 0 Å². The molecule has 4 nitrogen and oxygen atoms in total. The number of hydrogen-bond donors (Lipinski definition) is 1. The zero-order valence-electron chi connectivity index (χ0n) is 12.2. The molecule has 2 N–H and O–H groups in total. The molecule has 0 saturated heterocycles. The summed E-state index contributed by atoms with van der Waals surface area (Å²) >= 11 is 0. The molecular weight excluding hydrogens is 236 g/mol. The lowest BCUT2D eigenvalue weighted by atomic mass is 10.2. The van der Waals surface area contributed by atoms with E-state index < -0.39 is 0 Å². The van der Waals surface area contributed by atoms with Crippen LogP contribution in [0.25, 0.3) is 11.0 Å². The first kappa shape index (κ1) is 13.9. The molecule has 0 spiro atoms. The van der Waals surface area contributed by atoms with Crippen molar-refractivity contribution in [3.63, 3.8) is 0 Å². The highest BCUT2D eigenvalue weighted by Crippen LogP contribution is 2.20. The second kappa shape index (κ2) is 6.06. The monoisotopic (exact) mass is 260 g/mol. The zero-order valence-corrected chi connectivity index (χ0v) is 12.2. The average molecular weight is 260 g/mol. The van der Waals surface area contributed by atoms with Crippen molar-refractivity contribution in [3.8, 4) is 0 Å². The van der Waals surface area contributed by atoms with E-state index in [4.69, 9.17) is 5.73 Å². The van der Waals surface area contributed by atoms with Crippen LogP contribution in [0.2, 0.25) is 0 Å². The number of nitrogens with two attached hydrogens (primary N) is 1. The number of likely N-dealkylation sites (N-methyl/N-ethyl adjacent to an activating group) is 1. The first-order valence-electron chi connectivity index (χ1n) is 7.11. The quantitative estimate of drug-likeness (QED) is 0.868. The second-order valence-corrected chi connectivity index (χ2v) is 5.00. The molecule has 0 unspecified atom stereocenters. The molecule has 0 atom stereocenters. The SMILES string of the molecule is CCCN(CC)CCn1c(N)nc2c(C)cccc21. The van der Waals surface area contributed by atoms with Crippen LogP contribution in [0.1, 0.15) is 25.8 Å². The van der Waals surface area contributed by atoms with Gasteiger partial charge in [0.1, 0.15) is 0 Å². The predicted molar refractivity (Wildman–Crippen MR) is 81.3 cm³/mol. The van der Waals surface area contributed by atoms with E-state index in [2.05, 4.69) is 53.4 Å². The highest BCUT2D eigenvalue weighted by atomic mass is 15.2. The van der Waals surface area contributed by atoms with Gasteiger partial charge in [-0.15, -0.1) is 0 Å². The van der Waals surface area contributed by atoms with Crippen LogP contribution in [0.3, 0.4) is 0 Å². The Morgan fingerprint density at radius 1 is 1.26 bits per heavy atom. The molecule has 0 aliphatic heterocycles. The Hall–Kier alpha value is -1.55. The fraction of sp³-hybridized carbons (Fsp3) is 0.533. The van der Waals surface area contributed by atoms with Crippen molar-refractivity contribution in [2.75, 3.05) is 25.4 Å². The van der Waals surface area contributed by atoms with Crippen LogP contribution in [-0.4, -0.2) is 34.1 Å². The number of fused-ring (bicyclic) bond motifs is 1. The third kappa shape index (κ3) is 2.89. The van der Waals surface area contributed by atoms with E-state index in [-0.39, 0.29) is 0 Å². The van der Waals surface area contributed by atoms with Crippen LogP contribution >= 0.6 is 0 Å². The Bertz CT molecular complexity index is 544. The maximum Gasteiger partial charge on any atom is 0.201 e. The van der Waals surface area contributed by atoms with Crippen molar-refractivity contribution in [1.29, 1.82) is 0 Å². The number of anilines is 1. The van der Waals surface area contributed by atoms with E-state index >= 15 is 0 Å². The molecule has 19 heavy (non-hydrogen) atoms. The van der Waals surface area contributed by atoms with Gasteiger partial charge in [-0.3, -0.25) is 0 Å². The minimum atomic E-state index is 0.622. The van der Waals surface area contributed by atoms with Crippen molar-refractivity contribution in [2.45, 2.75) is 33.7 Å². The van der Waals surface area contributed by atoms with Gasteiger partial charge in [-0.05, 0) is 38.1 Å². The second-order valence-electron chi connectivity index (χ2n) is 5.00. The minimum Gasteiger partial charge on any atom is -0.369 e. The summed E-state index contributed by atoms with van der Waals surface area (Å²) in [4.78, 5) is 6.93. The summed E-state index contributed by atoms with van der Waals surface area (Å²) in [5, 5.41) is 0. The Balaban J connectivity index is 2.21. The Kier molecular flexibility index (Phi) is 4.43. The predicted octanol–water partition coefficient (Wildman–Crippen LogP) is 2.66. The van der Waals surface area contributed by atoms with Crippen LogP contribution in [0.15, 0.2) is 18.2 Å². The summed E-state index contributed by atoms with van der Waals surface area (Å²) in [6, 6.07) is 6.25. The van der Waals surface area contributed by atoms with Gasteiger partial charge in [-0.25, -0.2) is 4.98 Å². The maximum absolute atomic E-state index is 6.06. The van der Waals surface area contributed by atoms with Gasteiger partial charge in [0.15, 0.2) is 0 Å². The summed E-state index contributed by atoms with van der Waals surface area (Å²) in [5.41, 5.74) is 9.41. The van der Waals surface area contributed by atoms with Crippen molar-refractivity contribution in [1.82, 2.24) is 14.5 Å². The van der Waals surface area contributed by atoms with E-state index in [0.29, 0.717) is 5.95 Å². The molecule has 1 aromatic heterocycles. The molecule has 0 aliphatic rings. The van der Waals surface area contributed by atoms with Gasteiger partial charge in [0.05, 0.1) is 11.0 Å². The topological polar surface area (TPSA) is 47.1 Å². The van der Waals surface area contributed by atoms with Gasteiger partial charge in [-0.1, -0.05) is 26.0 Å². The number of benzene rings is 1. The standard InChI is InChI=1S/C15H24N4/c1-4-9-18(5-2)10-11-19-13-8-6-7-12(3)14(13)17-15(19)16/h6-8H,4-5,9-11H2,1-3H3,(H2,16,17). The lowest BCUT2D eigenvalue weighted by molar-refractivity contribution is 0.278. The molecular formula is C15H24N4. The number of nitrogen functional groups attached to an aromatic ring is 1. The highest BCUT2D eigenvalue weighted by Gasteiger charge is 2.10. The normalized spacial score (nSPS) is 11.6. The number of hydrogen-bond acceptors (Lipinski definition) is 3. The number of aryl methyl sites for hydroxylation is 1. The zero-order chi connectivity index (χ0) is 13.8. The molecule has 0 fully saturated rings. The van der Waals surface area contributed by atoms with E-state index in [0.717, 1.165) is 37.2 Å². The number of aromatic nitrogens is 2. The largest absolute Gasteiger partial charge is 0.369 e. The maximum atomic E-state index is 6.06. The van der Waals surface area contributed by atoms with Gasteiger partial charge in [0, 0.05) is 13.1 Å². The lowest BCUT2D eigenvalue weighted by Crippen LogP contribution is -2.28. The fourth-order valence-corrected chi connectivity index (χ4v) is 2.53. The molecule has 104 valence electrons. The summed E-state index contributed by atoms with van der Waals surface area (Å²) in [5.74, 6) is 0.622. The third-order valence-corrected chi connectivity index (χ3v) is 3.64. The van der Waals surface area contributed by atoms with Crippen LogP contribution in [-0.2, 0) is 6.54 Å². The fourth-order valence-electron chi connectivity index (χ4n) is 2.53. The van der Waals surface area contributed by atoms with Gasteiger partial charge < -0.3 is 15.2 Å². The molecule has 0 saturated carbocycles. The summed E-state index contributed by atoms with van der Waals surface area (Å²) < 4.78 is 2.13. The average Bonchev–Trinajstić information content (AvgIpc) is 2.72. The number of para-hydroxylation sites is 1. The molecule has 0 amide bonds. The van der Waals surface area contributed by atoms with Crippen molar-refractivity contribution in [3.05, 3.63) is 23.8 Å². The highest BCUT2D eigenvalue weighted by molar-refractivity contribution is 5.81. The van der Waals surface area contributed by atoms with Gasteiger partial charge >= 0.3 is 0 Å². The molecule has 2 aromatic rings. The molecule has 2 rings (SSSR count). The van der Waals surface area contributed by atoms with Crippen LogP contribution in [0, 0.1) is 6.92 Å². The van der Waals surface area contributed by atoms with Gasteiger partial charge in [0.25, 0.3) is 0 Å². The van der Waals surface area contributed by atoms with Crippen molar-refractivity contribution >= 4 is 17.0 Å². The van der Waals surface area contributed by atoms with Gasteiger partial charge in [-0.2, -0.15) is 0 Å². The van der Waals surface area contributed by atoms with E-state index in [9.17, 15) is 0 Å². The summed E-state index contributed by atoms with van der Waals surface area (Å²) in [6.07, 6.45) is 1.19. The smallest absolute Gasteiger partial charge is 0.201 e. The molecule has 1 aromatic carbocycles.